The van der Waals surface area contributed by atoms with Crippen molar-refractivity contribution >= 4 is 104 Å². The highest BCUT2D eigenvalue weighted by Gasteiger charge is 2.34. The number of piperidine rings is 2. The van der Waals surface area contributed by atoms with Crippen LogP contribution in [-0.2, 0) is 33.2 Å². The van der Waals surface area contributed by atoms with Crippen LogP contribution in [0.2, 0.25) is 0 Å². The van der Waals surface area contributed by atoms with Crippen molar-refractivity contribution in [2.24, 2.45) is 0 Å². The minimum atomic E-state index is -0.510. The fourth-order valence-corrected chi connectivity index (χ4v) is 15.5. The van der Waals surface area contributed by atoms with E-state index < -0.39 is 5.60 Å². The highest BCUT2D eigenvalue weighted by molar-refractivity contribution is 5.91. The predicted molar refractivity (Wildman–Crippen MR) is 456 cm³/mol. The van der Waals surface area contributed by atoms with Crippen LogP contribution in [0.1, 0.15) is 117 Å². The summed E-state index contributed by atoms with van der Waals surface area (Å²) in [6.07, 6.45) is 27.3. The van der Waals surface area contributed by atoms with Gasteiger partial charge in [-0.25, -0.2) is 84.5 Å². The van der Waals surface area contributed by atoms with Gasteiger partial charge in [-0.15, -0.1) is 0 Å². The molecule has 7 saturated heterocycles. The summed E-state index contributed by atoms with van der Waals surface area (Å²) in [4.78, 5) is 128. The zero-order valence-electron chi connectivity index (χ0n) is 69.9. The van der Waals surface area contributed by atoms with Gasteiger partial charge in [0.05, 0.1) is 90.8 Å². The maximum atomic E-state index is 12.5. The molecule has 2 atom stereocenters. The molecule has 7 N–H and O–H groups in total. The second-order valence-electron chi connectivity index (χ2n) is 31.6. The number of nitrogens with zero attached hydrogens (tertiary/aromatic N) is 30. The van der Waals surface area contributed by atoms with Gasteiger partial charge in [-0.3, -0.25) is 4.79 Å². The second-order valence-corrected chi connectivity index (χ2v) is 31.6. The molecule has 19 rings (SSSR count). The highest BCUT2D eigenvalue weighted by atomic mass is 16.6. The SMILES string of the molecule is CC(C)(C)OC(=O)N1CCC(n2cnc3c(-c4cnc(N)nc4)nc(N4CCOCC4)nc32)CC1.CCC(C)n1cnc2c(-c3cnc(NC)nc3)nc(N3CCOCC3)nc21.CCCC(=O)N1CCC(n2cnc3c(-c4cnc(N)nc4)nc(N4CCOCC4)nc32)CC1.Nc1ncc(-c2nc(N3CCOCC3)nc3c2ncn3C2CCOC2)cn1. The first-order chi connectivity index (χ1) is 59.4. The third kappa shape index (κ3) is 18.8. The minimum absolute atomic E-state index is 0.154. The van der Waals surface area contributed by atoms with Crippen molar-refractivity contribution in [2.45, 2.75) is 123 Å². The smallest absolute Gasteiger partial charge is 0.410 e. The average molecular weight is 1670 g/mol. The summed E-state index contributed by atoms with van der Waals surface area (Å²) in [6, 6.07) is 0.918. The number of nitrogens with two attached hydrogens (primary N) is 3. The molecule has 19 heterocycles. The summed E-state index contributed by atoms with van der Waals surface area (Å²) in [5.41, 5.74) is 28.5. The number of ether oxygens (including phenoxy) is 6. The molecule has 12 aromatic rings. The number of carbonyl (C=O) groups excluding carboxylic acids is 2. The average Bonchev–Trinajstić information content (AvgIpc) is 1.60. The van der Waals surface area contributed by atoms with Crippen LogP contribution in [0.25, 0.3) is 89.7 Å². The van der Waals surface area contributed by atoms with Crippen LogP contribution in [0.3, 0.4) is 0 Å². The van der Waals surface area contributed by atoms with E-state index in [1.807, 2.05) is 57.9 Å². The predicted octanol–water partition coefficient (Wildman–Crippen LogP) is 6.74. The normalized spacial score (nSPS) is 17.9. The first-order valence-corrected chi connectivity index (χ1v) is 41.8. The number of rotatable bonds is 16. The largest absolute Gasteiger partial charge is 0.444 e. The van der Waals surface area contributed by atoms with E-state index in [-0.39, 0.29) is 48.0 Å². The Morgan fingerprint density at radius 1 is 0.426 bits per heavy atom. The zero-order valence-corrected chi connectivity index (χ0v) is 69.9. The molecular weight excluding hydrogens is 1570 g/mol. The van der Waals surface area contributed by atoms with Crippen LogP contribution in [0, 0.1) is 0 Å². The van der Waals surface area contributed by atoms with Crippen molar-refractivity contribution in [2.75, 3.05) is 194 Å². The van der Waals surface area contributed by atoms with Crippen molar-refractivity contribution in [1.82, 2.24) is 128 Å². The third-order valence-corrected chi connectivity index (χ3v) is 22.3. The van der Waals surface area contributed by atoms with Crippen molar-refractivity contribution in [3.8, 4) is 45.0 Å². The Balaban J connectivity index is 0.000000121. The van der Waals surface area contributed by atoms with Crippen molar-refractivity contribution in [3.63, 3.8) is 0 Å². The lowest BCUT2D eigenvalue weighted by atomic mass is 10.0. The van der Waals surface area contributed by atoms with Crippen LogP contribution in [0.4, 0.5) is 52.4 Å². The first kappa shape index (κ1) is 83.1. The fourth-order valence-electron chi connectivity index (χ4n) is 15.5. The molecule has 0 radical (unpaired) electrons. The van der Waals surface area contributed by atoms with E-state index in [0.717, 1.165) is 165 Å². The zero-order chi connectivity index (χ0) is 84.4. The lowest BCUT2D eigenvalue weighted by Crippen LogP contribution is -2.42. The number of morpholine rings is 4. The van der Waals surface area contributed by atoms with Crippen molar-refractivity contribution in [1.29, 1.82) is 0 Å². The molecule has 0 saturated carbocycles. The molecule has 0 spiro atoms. The van der Waals surface area contributed by atoms with E-state index in [2.05, 4.69) is 117 Å². The summed E-state index contributed by atoms with van der Waals surface area (Å²) in [7, 11) is 1.79. The van der Waals surface area contributed by atoms with Crippen LogP contribution in [-0.4, -0.2) is 297 Å². The summed E-state index contributed by atoms with van der Waals surface area (Å²) >= 11 is 0. The molecule has 0 bridgehead atoms. The van der Waals surface area contributed by atoms with Gasteiger partial charge < -0.3 is 98.6 Å². The van der Waals surface area contributed by atoms with Gasteiger partial charge in [0.2, 0.25) is 53.5 Å². The molecule has 7 aliphatic rings. The van der Waals surface area contributed by atoms with Crippen molar-refractivity contribution in [3.05, 3.63) is 74.9 Å². The van der Waals surface area contributed by atoms with Crippen molar-refractivity contribution < 1.29 is 38.0 Å². The second kappa shape index (κ2) is 37.6. The van der Waals surface area contributed by atoms with Gasteiger partial charge >= 0.3 is 6.09 Å². The van der Waals surface area contributed by atoms with E-state index in [4.69, 9.17) is 85.5 Å². The molecule has 42 nitrogen and oxygen atoms in total. The monoisotopic (exact) mass is 1670 g/mol. The molecule has 0 aliphatic carbocycles. The summed E-state index contributed by atoms with van der Waals surface area (Å²) in [6.45, 7) is 27.3. The molecule has 2 unspecified atom stereocenters. The quantitative estimate of drug-likeness (QED) is 0.0778. The molecule has 12 aromatic heterocycles. The van der Waals surface area contributed by atoms with E-state index in [1.165, 1.54) is 0 Å². The van der Waals surface area contributed by atoms with Gasteiger partial charge in [-0.05, 0) is 72.6 Å². The van der Waals surface area contributed by atoms with Gasteiger partial charge in [0, 0.05) is 189 Å². The number of anilines is 8. The number of nitrogens with one attached hydrogen (secondary N) is 1. The number of hydrogen-bond acceptors (Lipinski definition) is 36. The lowest BCUT2D eigenvalue weighted by molar-refractivity contribution is -0.132. The number of fused-ring (bicyclic) bond motifs is 4. The Labute approximate surface area is 703 Å². The molecule has 122 heavy (non-hydrogen) atoms. The lowest BCUT2D eigenvalue weighted by Gasteiger charge is -2.34. The first-order valence-electron chi connectivity index (χ1n) is 41.8. The van der Waals surface area contributed by atoms with Gasteiger partial charge in [-0.2, -0.15) is 19.9 Å². The van der Waals surface area contributed by atoms with Gasteiger partial charge in [0.25, 0.3) is 0 Å². The fraction of sp³-hybridized carbons (Fsp3) is 0.525. The standard InChI is InChI=1S/C23H31N9O3.C22H29N9O2.C18H24N8O.C17H20N8O2/c1-23(2,3)35-22(33)31-6-4-16(5-7-31)32-14-27-18-17(15-12-25-20(24)26-13-15)28-21(29-19(18)32)30-8-10-34-11-9-30;1-2-3-17(32)29-6-4-16(5-7-29)31-14-26-19-18(15-12-24-21(23)25-13-15)27-22(28-20(19)31)30-8-10-33-11-9-30;1-4-12(2)26-11-22-15-14(13-9-20-17(19-3)21-10-13)23-18(24-16(15)26)25-5-7-27-8-6-25;18-16-19-7-11(8-20-16)13-14-15(25(10-21-14)12-1-4-27-9-12)23-17(22-13)24-2-5-26-6-3-24/h12-14,16H,4-11H2,1-3H3,(H2,24,25,26);12-14,16H,2-11H2,1H3,(H2,23,24,25);9-12H,4-8H2,1-3H3,(H,19,20,21);7-8,10,12H,1-6,9H2,(H2,18,19,20). The number of amides is 2. The number of imidazole rings is 4. The minimum Gasteiger partial charge on any atom is -0.444 e. The maximum Gasteiger partial charge on any atom is 0.410 e. The topological polar surface area (TPSA) is 477 Å². The van der Waals surface area contributed by atoms with E-state index in [0.29, 0.717) is 156 Å². The van der Waals surface area contributed by atoms with Crippen LogP contribution in [0.15, 0.2) is 74.9 Å². The Hall–Kier alpha value is -12.5. The van der Waals surface area contributed by atoms with E-state index in [9.17, 15) is 9.59 Å². The molecule has 0 aromatic carbocycles. The Morgan fingerprint density at radius 2 is 0.762 bits per heavy atom. The van der Waals surface area contributed by atoms with Crippen LogP contribution >= 0.6 is 0 Å². The molecule has 42 heteroatoms. The van der Waals surface area contributed by atoms with Gasteiger partial charge in [0.1, 0.15) is 50.4 Å². The Morgan fingerprint density at radius 3 is 1.10 bits per heavy atom. The molecule has 642 valence electrons. The third-order valence-electron chi connectivity index (χ3n) is 22.3. The number of carbonyl (C=O) groups is 2. The van der Waals surface area contributed by atoms with Gasteiger partial charge in [-0.1, -0.05) is 13.8 Å². The number of aromatic nitrogens is 24. The Kier molecular flexibility index (Phi) is 25.6. The highest BCUT2D eigenvalue weighted by Crippen LogP contribution is 2.37. The van der Waals surface area contributed by atoms with E-state index in [1.54, 1.807) is 61.5 Å². The van der Waals surface area contributed by atoms with Crippen LogP contribution < -0.4 is 42.1 Å². The molecule has 2 amide bonds. The summed E-state index contributed by atoms with van der Waals surface area (Å²) < 4.78 is 41.5. The summed E-state index contributed by atoms with van der Waals surface area (Å²) in [5.74, 6) is 4.10. The molecule has 7 fully saturated rings. The number of likely N-dealkylation sites (tertiary alicyclic amines) is 2. The molecule has 7 aliphatic heterocycles. The van der Waals surface area contributed by atoms with Crippen LogP contribution in [0.5, 0.6) is 0 Å². The maximum absolute atomic E-state index is 12.5. The van der Waals surface area contributed by atoms with E-state index >= 15 is 0 Å². The van der Waals surface area contributed by atoms with Gasteiger partial charge in [0.15, 0.2) is 22.6 Å². The molecular formula is C80H104N34O8. The number of hydrogen-bond donors (Lipinski definition) is 4. The summed E-state index contributed by atoms with van der Waals surface area (Å²) in [5, 5.41) is 2.94. The number of nitrogen functional groups attached to an aromatic ring is 3. The Bertz CT molecular complexity index is 5530.